The summed E-state index contributed by atoms with van der Waals surface area (Å²) >= 11 is 0. The zero-order chi connectivity index (χ0) is 14.5. The second-order valence-electron chi connectivity index (χ2n) is 5.24. The lowest BCUT2D eigenvalue weighted by molar-refractivity contribution is 0.174. The molecule has 0 radical (unpaired) electrons. The Balaban J connectivity index is 1.59. The van der Waals surface area contributed by atoms with Crippen LogP contribution in [-0.4, -0.2) is 11.7 Å². The number of hydrogen-bond acceptors (Lipinski definition) is 2. The highest BCUT2D eigenvalue weighted by atomic mass is 16.3. The summed E-state index contributed by atoms with van der Waals surface area (Å²) in [6.45, 7) is 1.31. The summed E-state index contributed by atoms with van der Waals surface area (Å²) in [5.74, 6) is 0. The van der Waals surface area contributed by atoms with Crippen molar-refractivity contribution in [3.63, 3.8) is 0 Å². The van der Waals surface area contributed by atoms with Crippen LogP contribution in [0.3, 0.4) is 0 Å². The van der Waals surface area contributed by atoms with Crippen LogP contribution in [0, 0.1) is 0 Å². The molecule has 0 aromatic heterocycles. The molecule has 0 saturated carbocycles. The molecule has 0 amide bonds. The first-order valence-electron chi connectivity index (χ1n) is 7.24. The molecule has 3 aromatic carbocycles. The maximum atomic E-state index is 10.1. The van der Waals surface area contributed by atoms with Crippen molar-refractivity contribution in [2.24, 2.45) is 0 Å². The lowest BCUT2D eigenvalue weighted by atomic mass is 10.1. The van der Waals surface area contributed by atoms with E-state index in [1.54, 1.807) is 0 Å². The second kappa shape index (κ2) is 6.53. The van der Waals surface area contributed by atoms with Crippen molar-refractivity contribution in [2.45, 2.75) is 12.6 Å². The Bertz CT molecular complexity index is 709. The van der Waals surface area contributed by atoms with Crippen LogP contribution < -0.4 is 5.32 Å². The normalized spacial score (nSPS) is 12.4. The molecule has 2 N–H and O–H groups in total. The molecule has 0 aliphatic carbocycles. The largest absolute Gasteiger partial charge is 0.387 e. The van der Waals surface area contributed by atoms with E-state index >= 15 is 0 Å². The Morgan fingerprint density at radius 2 is 1.52 bits per heavy atom. The average Bonchev–Trinajstić information content (AvgIpc) is 2.55. The minimum Gasteiger partial charge on any atom is -0.387 e. The Hall–Kier alpha value is -2.16. The zero-order valence-corrected chi connectivity index (χ0v) is 11.9. The number of aliphatic hydroxyl groups is 1. The van der Waals surface area contributed by atoms with Gasteiger partial charge in [0, 0.05) is 13.1 Å². The molecular weight excluding hydrogens is 258 g/mol. The lowest BCUT2D eigenvalue weighted by Gasteiger charge is -2.12. The van der Waals surface area contributed by atoms with Gasteiger partial charge in [0.2, 0.25) is 0 Å². The molecule has 0 spiro atoms. The monoisotopic (exact) mass is 277 g/mol. The summed E-state index contributed by atoms with van der Waals surface area (Å²) in [5, 5.41) is 15.9. The summed E-state index contributed by atoms with van der Waals surface area (Å²) in [6.07, 6.45) is -0.466. The van der Waals surface area contributed by atoms with Gasteiger partial charge < -0.3 is 10.4 Å². The van der Waals surface area contributed by atoms with Crippen molar-refractivity contribution in [3.05, 3.63) is 83.9 Å². The molecule has 21 heavy (non-hydrogen) atoms. The second-order valence-corrected chi connectivity index (χ2v) is 5.24. The van der Waals surface area contributed by atoms with Gasteiger partial charge in [-0.1, -0.05) is 66.7 Å². The fourth-order valence-corrected chi connectivity index (χ4v) is 2.50. The van der Waals surface area contributed by atoms with Crippen LogP contribution in [0.4, 0.5) is 0 Å². The minimum atomic E-state index is -0.466. The van der Waals surface area contributed by atoms with Gasteiger partial charge in [-0.05, 0) is 28.0 Å². The molecule has 3 aromatic rings. The van der Waals surface area contributed by atoms with Gasteiger partial charge in [-0.2, -0.15) is 0 Å². The number of rotatable bonds is 5. The third-order valence-corrected chi connectivity index (χ3v) is 3.67. The van der Waals surface area contributed by atoms with E-state index in [0.717, 1.165) is 12.1 Å². The fraction of sp³-hybridized carbons (Fsp3) is 0.158. The van der Waals surface area contributed by atoms with Gasteiger partial charge in [-0.25, -0.2) is 0 Å². The van der Waals surface area contributed by atoms with E-state index in [-0.39, 0.29) is 0 Å². The first-order valence-corrected chi connectivity index (χ1v) is 7.24. The topological polar surface area (TPSA) is 32.3 Å². The predicted octanol–water partition coefficient (Wildman–Crippen LogP) is 3.66. The number of fused-ring (bicyclic) bond motifs is 1. The number of benzene rings is 3. The molecule has 0 aliphatic rings. The standard InChI is InChI=1S/C19H19NO/c21-19(17-7-2-1-3-8-17)14-20-13-15-10-11-16-6-4-5-9-18(16)12-15/h1-12,19-21H,13-14H2/t19-/m1/s1. The summed E-state index contributed by atoms with van der Waals surface area (Å²) in [5.41, 5.74) is 2.18. The van der Waals surface area contributed by atoms with E-state index in [2.05, 4.69) is 47.8 Å². The molecule has 1 atom stereocenters. The first kappa shape index (κ1) is 13.8. The van der Waals surface area contributed by atoms with Gasteiger partial charge in [0.25, 0.3) is 0 Å². The summed E-state index contributed by atoms with van der Waals surface area (Å²) in [7, 11) is 0. The third-order valence-electron chi connectivity index (χ3n) is 3.67. The van der Waals surface area contributed by atoms with Gasteiger partial charge in [-0.3, -0.25) is 0 Å². The number of nitrogens with one attached hydrogen (secondary N) is 1. The van der Waals surface area contributed by atoms with Crippen LogP contribution in [0.5, 0.6) is 0 Å². The Morgan fingerprint density at radius 1 is 0.810 bits per heavy atom. The molecule has 0 heterocycles. The first-order chi connectivity index (χ1) is 10.3. The summed E-state index contributed by atoms with van der Waals surface area (Å²) < 4.78 is 0. The van der Waals surface area contributed by atoms with Crippen LogP contribution in [0.25, 0.3) is 10.8 Å². The third kappa shape index (κ3) is 3.48. The fourth-order valence-electron chi connectivity index (χ4n) is 2.50. The van der Waals surface area contributed by atoms with Crippen molar-refractivity contribution in [2.75, 3.05) is 6.54 Å². The van der Waals surface area contributed by atoms with Crippen molar-refractivity contribution in [1.29, 1.82) is 0 Å². The highest BCUT2D eigenvalue weighted by Crippen LogP contribution is 2.16. The van der Waals surface area contributed by atoms with Crippen molar-refractivity contribution >= 4 is 10.8 Å². The van der Waals surface area contributed by atoms with Crippen LogP contribution in [0.1, 0.15) is 17.2 Å². The van der Waals surface area contributed by atoms with E-state index in [4.69, 9.17) is 0 Å². The molecule has 0 bridgehead atoms. The maximum Gasteiger partial charge on any atom is 0.0914 e. The van der Waals surface area contributed by atoms with Crippen LogP contribution in [0.2, 0.25) is 0 Å². The Morgan fingerprint density at radius 3 is 2.33 bits per heavy atom. The van der Waals surface area contributed by atoms with Gasteiger partial charge in [0.15, 0.2) is 0 Å². The van der Waals surface area contributed by atoms with Crippen LogP contribution >= 0.6 is 0 Å². The number of hydrogen-bond donors (Lipinski definition) is 2. The maximum absolute atomic E-state index is 10.1. The molecule has 0 unspecified atom stereocenters. The van der Waals surface area contributed by atoms with Gasteiger partial charge in [-0.15, -0.1) is 0 Å². The van der Waals surface area contributed by atoms with Gasteiger partial charge in [0.1, 0.15) is 0 Å². The Labute approximate surface area is 125 Å². The predicted molar refractivity (Wildman–Crippen MR) is 87.1 cm³/mol. The van der Waals surface area contributed by atoms with E-state index in [9.17, 15) is 5.11 Å². The minimum absolute atomic E-state index is 0.466. The molecule has 2 nitrogen and oxygen atoms in total. The van der Waals surface area contributed by atoms with Crippen LogP contribution in [-0.2, 0) is 6.54 Å². The van der Waals surface area contributed by atoms with Crippen molar-refractivity contribution < 1.29 is 5.11 Å². The molecular formula is C19H19NO. The quantitative estimate of drug-likeness (QED) is 0.746. The molecule has 3 rings (SSSR count). The summed E-state index contributed by atoms with van der Waals surface area (Å²) in [6, 6.07) is 24.5. The highest BCUT2D eigenvalue weighted by molar-refractivity contribution is 5.82. The number of aliphatic hydroxyl groups excluding tert-OH is 1. The SMILES string of the molecule is O[C@H](CNCc1ccc2ccccc2c1)c1ccccc1. The zero-order valence-electron chi connectivity index (χ0n) is 11.9. The van der Waals surface area contributed by atoms with Crippen molar-refractivity contribution in [1.82, 2.24) is 5.32 Å². The average molecular weight is 277 g/mol. The molecule has 0 saturated heterocycles. The molecule has 0 aliphatic heterocycles. The van der Waals surface area contributed by atoms with Gasteiger partial charge >= 0.3 is 0 Å². The van der Waals surface area contributed by atoms with E-state index in [1.807, 2.05) is 30.3 Å². The van der Waals surface area contributed by atoms with E-state index < -0.39 is 6.10 Å². The molecule has 106 valence electrons. The highest BCUT2D eigenvalue weighted by Gasteiger charge is 2.05. The lowest BCUT2D eigenvalue weighted by Crippen LogP contribution is -2.21. The van der Waals surface area contributed by atoms with E-state index in [1.165, 1.54) is 16.3 Å². The van der Waals surface area contributed by atoms with Crippen LogP contribution in [0.15, 0.2) is 72.8 Å². The molecule has 0 fully saturated rings. The summed E-state index contributed by atoms with van der Waals surface area (Å²) in [4.78, 5) is 0. The van der Waals surface area contributed by atoms with Gasteiger partial charge in [0.05, 0.1) is 6.10 Å². The van der Waals surface area contributed by atoms with Crippen molar-refractivity contribution in [3.8, 4) is 0 Å². The molecule has 2 heteroatoms. The Kier molecular flexibility index (Phi) is 4.29. The smallest absolute Gasteiger partial charge is 0.0914 e. The van der Waals surface area contributed by atoms with E-state index in [0.29, 0.717) is 6.54 Å².